The van der Waals surface area contributed by atoms with Gasteiger partial charge in [-0.1, -0.05) is 6.58 Å². The van der Waals surface area contributed by atoms with Crippen molar-refractivity contribution >= 4 is 23.3 Å². The Bertz CT molecular complexity index is 669. The summed E-state index contributed by atoms with van der Waals surface area (Å²) in [5, 5.41) is 0. The summed E-state index contributed by atoms with van der Waals surface area (Å²) in [6.07, 6.45) is 0. The average Bonchev–Trinajstić information content (AvgIpc) is 2.64. The van der Waals surface area contributed by atoms with Gasteiger partial charge in [0.1, 0.15) is 5.82 Å². The molecule has 1 heterocycles. The van der Waals surface area contributed by atoms with Gasteiger partial charge in [-0.3, -0.25) is 14.5 Å². The molecule has 0 saturated heterocycles. The summed E-state index contributed by atoms with van der Waals surface area (Å²) in [5.74, 6) is -4.84. The lowest BCUT2D eigenvalue weighted by Gasteiger charge is -2.17. The van der Waals surface area contributed by atoms with Crippen molar-refractivity contribution in [2.75, 3.05) is 18.1 Å². The number of ether oxygens (including phenoxy) is 1. The minimum atomic E-state index is -1.05. The van der Waals surface area contributed by atoms with E-state index in [-0.39, 0.29) is 23.4 Å². The smallest absolute Gasteiger partial charge is 0.335 e. The van der Waals surface area contributed by atoms with E-state index in [2.05, 4.69) is 6.58 Å². The highest BCUT2D eigenvalue weighted by atomic mass is 19.1. The van der Waals surface area contributed by atoms with Crippen LogP contribution in [-0.4, -0.2) is 30.8 Å². The van der Waals surface area contributed by atoms with Gasteiger partial charge in [0.15, 0.2) is 5.82 Å². The number of fused-ring (bicyclic) bond motifs is 1. The fourth-order valence-corrected chi connectivity index (χ4v) is 1.99. The third-order valence-corrected chi connectivity index (χ3v) is 2.90. The SMILES string of the molecule is C=C(CN1C(=O)C(=O)c2cc(F)cc(F)c21)C(=O)OCC. The van der Waals surface area contributed by atoms with Crippen LogP contribution in [0.4, 0.5) is 14.5 Å². The molecule has 0 saturated carbocycles. The Kier molecular flexibility index (Phi) is 3.84. The fourth-order valence-electron chi connectivity index (χ4n) is 1.99. The summed E-state index contributed by atoms with van der Waals surface area (Å²) >= 11 is 0. The van der Waals surface area contributed by atoms with Gasteiger partial charge in [0, 0.05) is 11.6 Å². The Hall–Kier alpha value is -2.57. The van der Waals surface area contributed by atoms with Crippen LogP contribution in [0.5, 0.6) is 0 Å². The van der Waals surface area contributed by atoms with E-state index >= 15 is 0 Å². The standard InChI is InChI=1S/C14H11F2NO4/c1-3-21-14(20)7(2)6-17-11-9(12(18)13(17)19)4-8(15)5-10(11)16/h4-5H,2-3,6H2,1H3. The van der Waals surface area contributed by atoms with Crippen LogP contribution in [0.3, 0.4) is 0 Å². The predicted octanol–water partition coefficient (Wildman–Crippen LogP) is 1.61. The topological polar surface area (TPSA) is 63.7 Å². The summed E-state index contributed by atoms with van der Waals surface area (Å²) in [6, 6.07) is 1.34. The summed E-state index contributed by atoms with van der Waals surface area (Å²) in [5.41, 5.74) is -0.833. The number of nitrogens with zero attached hydrogens (tertiary/aromatic N) is 1. The van der Waals surface area contributed by atoms with Crippen molar-refractivity contribution in [2.45, 2.75) is 6.92 Å². The first kappa shape index (κ1) is 14.8. The number of hydrogen-bond donors (Lipinski definition) is 0. The molecular weight excluding hydrogens is 284 g/mol. The Morgan fingerprint density at radius 1 is 1.33 bits per heavy atom. The predicted molar refractivity (Wildman–Crippen MR) is 68.8 cm³/mol. The monoisotopic (exact) mass is 295 g/mol. The number of rotatable bonds is 4. The van der Waals surface area contributed by atoms with Crippen molar-refractivity contribution in [3.63, 3.8) is 0 Å². The minimum Gasteiger partial charge on any atom is -0.463 e. The Labute approximate surface area is 118 Å². The second kappa shape index (κ2) is 5.43. The molecule has 1 amide bonds. The number of hydrogen-bond acceptors (Lipinski definition) is 4. The van der Waals surface area contributed by atoms with Crippen molar-refractivity contribution < 1.29 is 27.9 Å². The molecule has 0 fully saturated rings. The van der Waals surface area contributed by atoms with E-state index < -0.39 is 35.8 Å². The first-order valence-electron chi connectivity index (χ1n) is 6.07. The van der Waals surface area contributed by atoms with E-state index in [1.807, 2.05) is 0 Å². The molecule has 1 aliphatic heterocycles. The van der Waals surface area contributed by atoms with Crippen molar-refractivity contribution in [3.8, 4) is 0 Å². The van der Waals surface area contributed by atoms with Crippen LogP contribution in [0.1, 0.15) is 17.3 Å². The molecule has 5 nitrogen and oxygen atoms in total. The van der Waals surface area contributed by atoms with E-state index in [1.165, 1.54) is 0 Å². The summed E-state index contributed by atoms with van der Waals surface area (Å²) in [4.78, 5) is 35.8. The van der Waals surface area contributed by atoms with Crippen molar-refractivity contribution in [2.24, 2.45) is 0 Å². The molecule has 1 aromatic rings. The Morgan fingerprint density at radius 2 is 2.00 bits per heavy atom. The van der Waals surface area contributed by atoms with E-state index in [0.29, 0.717) is 6.07 Å². The lowest BCUT2D eigenvalue weighted by atomic mass is 10.1. The maximum absolute atomic E-state index is 13.8. The van der Waals surface area contributed by atoms with Crippen molar-refractivity contribution in [1.82, 2.24) is 0 Å². The van der Waals surface area contributed by atoms with Gasteiger partial charge in [-0.15, -0.1) is 0 Å². The molecule has 1 aromatic carbocycles. The molecule has 0 radical (unpaired) electrons. The zero-order valence-electron chi connectivity index (χ0n) is 11.1. The third kappa shape index (κ3) is 2.54. The number of esters is 1. The first-order valence-corrected chi connectivity index (χ1v) is 6.07. The Morgan fingerprint density at radius 3 is 2.62 bits per heavy atom. The summed E-state index contributed by atoms with van der Waals surface area (Å²) in [6.45, 7) is 4.74. The first-order chi connectivity index (χ1) is 9.86. The molecule has 0 unspecified atom stereocenters. The lowest BCUT2D eigenvalue weighted by Crippen LogP contribution is -2.33. The van der Waals surface area contributed by atoms with Gasteiger partial charge in [0.25, 0.3) is 11.7 Å². The average molecular weight is 295 g/mol. The summed E-state index contributed by atoms with van der Waals surface area (Å²) in [7, 11) is 0. The number of carbonyl (C=O) groups excluding carboxylic acids is 3. The van der Waals surface area contributed by atoms with Crippen LogP contribution in [0.15, 0.2) is 24.3 Å². The van der Waals surface area contributed by atoms with Crippen LogP contribution in [-0.2, 0) is 14.3 Å². The van der Waals surface area contributed by atoms with Crippen LogP contribution in [0.25, 0.3) is 0 Å². The number of amides is 1. The highest BCUT2D eigenvalue weighted by Crippen LogP contribution is 2.33. The van der Waals surface area contributed by atoms with Crippen LogP contribution < -0.4 is 4.90 Å². The summed E-state index contributed by atoms with van der Waals surface area (Å²) < 4.78 is 31.6. The molecule has 0 N–H and O–H groups in total. The van der Waals surface area contributed by atoms with E-state index in [9.17, 15) is 23.2 Å². The van der Waals surface area contributed by atoms with Crippen LogP contribution >= 0.6 is 0 Å². The minimum absolute atomic E-state index is 0.112. The quantitative estimate of drug-likeness (QED) is 0.481. The van der Waals surface area contributed by atoms with Crippen molar-refractivity contribution in [3.05, 3.63) is 41.5 Å². The molecule has 1 aliphatic rings. The number of benzene rings is 1. The van der Waals surface area contributed by atoms with Gasteiger partial charge in [-0.2, -0.15) is 0 Å². The number of ketones is 1. The zero-order valence-corrected chi connectivity index (χ0v) is 11.1. The molecule has 21 heavy (non-hydrogen) atoms. The van der Waals surface area contributed by atoms with Gasteiger partial charge in [-0.05, 0) is 13.0 Å². The fraction of sp³-hybridized carbons (Fsp3) is 0.214. The lowest BCUT2D eigenvalue weighted by molar-refractivity contribution is -0.138. The van der Waals surface area contributed by atoms with E-state index in [0.717, 1.165) is 11.0 Å². The number of anilines is 1. The zero-order chi connectivity index (χ0) is 15.7. The van der Waals surface area contributed by atoms with Crippen LogP contribution in [0, 0.1) is 11.6 Å². The molecule has 0 spiro atoms. The third-order valence-electron chi connectivity index (χ3n) is 2.90. The van der Waals surface area contributed by atoms with Gasteiger partial charge in [0.2, 0.25) is 0 Å². The maximum atomic E-state index is 13.8. The molecule has 0 bridgehead atoms. The van der Waals surface area contributed by atoms with E-state index in [1.54, 1.807) is 6.92 Å². The Balaban J connectivity index is 2.36. The highest BCUT2D eigenvalue weighted by Gasteiger charge is 2.39. The van der Waals surface area contributed by atoms with Gasteiger partial charge >= 0.3 is 5.97 Å². The molecule has 2 rings (SSSR count). The van der Waals surface area contributed by atoms with Gasteiger partial charge < -0.3 is 4.74 Å². The second-order valence-electron chi connectivity index (χ2n) is 4.33. The van der Waals surface area contributed by atoms with Gasteiger partial charge in [0.05, 0.1) is 24.4 Å². The molecule has 0 aliphatic carbocycles. The van der Waals surface area contributed by atoms with Crippen LogP contribution in [0.2, 0.25) is 0 Å². The number of Topliss-reactive ketones (excluding diaryl/α,β-unsaturated/α-hetero) is 1. The molecule has 7 heteroatoms. The molecular formula is C14H11F2NO4. The number of carbonyl (C=O) groups is 3. The normalized spacial score (nSPS) is 13.4. The highest BCUT2D eigenvalue weighted by molar-refractivity contribution is 6.52. The largest absolute Gasteiger partial charge is 0.463 e. The number of halogens is 2. The molecule has 0 aromatic heterocycles. The molecule has 110 valence electrons. The van der Waals surface area contributed by atoms with Gasteiger partial charge in [-0.25, -0.2) is 13.6 Å². The second-order valence-corrected chi connectivity index (χ2v) is 4.33. The van der Waals surface area contributed by atoms with E-state index in [4.69, 9.17) is 4.74 Å². The molecule has 0 atom stereocenters. The maximum Gasteiger partial charge on any atom is 0.335 e. The van der Waals surface area contributed by atoms with Crippen molar-refractivity contribution in [1.29, 1.82) is 0 Å².